The van der Waals surface area contributed by atoms with Gasteiger partial charge in [0, 0.05) is 47.9 Å². The molecule has 2 amide bonds. The second-order valence-electron chi connectivity index (χ2n) is 11.7. The van der Waals surface area contributed by atoms with Crippen LogP contribution in [0.5, 0.6) is 0 Å². The molecule has 4 atom stereocenters. The second kappa shape index (κ2) is 11.4. The summed E-state index contributed by atoms with van der Waals surface area (Å²) in [5, 5.41) is 5.09. The molecule has 2 heterocycles. The average Bonchev–Trinajstić information content (AvgIpc) is 3.76. The predicted octanol–water partition coefficient (Wildman–Crippen LogP) is 0.213. The third kappa shape index (κ3) is 5.53. The molecule has 2 aromatic carbocycles. The molecule has 4 aliphatic rings. The van der Waals surface area contributed by atoms with Crippen LogP contribution in [0.2, 0.25) is 0 Å². The molecule has 0 aromatic heterocycles. The van der Waals surface area contributed by atoms with Crippen LogP contribution in [0.4, 0.5) is 0 Å². The van der Waals surface area contributed by atoms with Gasteiger partial charge in [0.05, 0.1) is 27.9 Å². The number of carbonyl (C=O) groups is 6. The molecule has 0 bridgehead atoms. The molecule has 0 radical (unpaired) electrons. The van der Waals surface area contributed by atoms with Gasteiger partial charge in [-0.25, -0.2) is 16.8 Å². The van der Waals surface area contributed by atoms with E-state index < -0.39 is 66.5 Å². The fourth-order valence-corrected chi connectivity index (χ4v) is 9.34. The Labute approximate surface area is 257 Å². The highest BCUT2D eigenvalue weighted by Crippen LogP contribution is 2.34. The lowest BCUT2D eigenvalue weighted by Gasteiger charge is -2.12. The van der Waals surface area contributed by atoms with Crippen molar-refractivity contribution in [3.8, 4) is 0 Å². The fourth-order valence-electron chi connectivity index (χ4n) is 6.16. The van der Waals surface area contributed by atoms with Crippen LogP contribution in [0.3, 0.4) is 0 Å². The SMILES string of the molecule is O=C(NCC1CCOC1)C1C(=O)c2ccc(S(=O)(=O)c3ccc4c(c3)C(=O)C(C(=O)NCC3CCS(=O)(=O)C3)C4=O)cc2C1=O. The molecule has 0 saturated carbocycles. The van der Waals surface area contributed by atoms with Gasteiger partial charge in [-0.1, -0.05) is 0 Å². The standard InChI is InChI=1S/C30H28N2O11S2/c33-25-19-3-1-17(9-21(19)27(35)23(25)29(37)31-11-15-5-7-43-13-15)45(41,42)18-2-4-20-22(10-18)28(36)24(26(20)34)30(38)32-12-16-6-8-44(39,40)14-16/h1-4,9-10,15-16,23-24H,5-8,11-14H2,(H,31,37)(H,32,38). The summed E-state index contributed by atoms with van der Waals surface area (Å²) in [4.78, 5) is 76.9. The molecule has 2 fully saturated rings. The zero-order chi connectivity index (χ0) is 32.3. The first-order valence-electron chi connectivity index (χ1n) is 14.3. The maximum Gasteiger partial charge on any atom is 0.238 e. The van der Waals surface area contributed by atoms with Crippen LogP contribution in [0, 0.1) is 23.7 Å². The van der Waals surface area contributed by atoms with Gasteiger partial charge in [-0.15, -0.1) is 0 Å². The Balaban J connectivity index is 1.19. The first kappa shape index (κ1) is 30.9. The third-order valence-electron chi connectivity index (χ3n) is 8.72. The van der Waals surface area contributed by atoms with Crippen LogP contribution in [0.15, 0.2) is 46.2 Å². The number of nitrogens with one attached hydrogen (secondary N) is 2. The molecule has 15 heteroatoms. The monoisotopic (exact) mass is 656 g/mol. The molecule has 2 aromatic rings. The van der Waals surface area contributed by atoms with Gasteiger partial charge < -0.3 is 15.4 Å². The molecule has 13 nitrogen and oxygen atoms in total. The predicted molar refractivity (Wildman–Crippen MR) is 154 cm³/mol. The zero-order valence-corrected chi connectivity index (χ0v) is 25.4. The van der Waals surface area contributed by atoms with Crippen molar-refractivity contribution < 1.29 is 50.3 Å². The summed E-state index contributed by atoms with van der Waals surface area (Å²) in [5.41, 5.74) is -0.691. The van der Waals surface area contributed by atoms with Gasteiger partial charge in [0.25, 0.3) is 0 Å². The lowest BCUT2D eigenvalue weighted by atomic mass is 10.0. The molecule has 2 N–H and O–H groups in total. The minimum atomic E-state index is -4.39. The van der Waals surface area contributed by atoms with Gasteiger partial charge in [0.15, 0.2) is 44.8 Å². The molecule has 0 spiro atoms. The topological polar surface area (TPSA) is 204 Å². The van der Waals surface area contributed by atoms with Crippen LogP contribution in [0.1, 0.15) is 54.3 Å². The fraction of sp³-hybridized carbons (Fsp3) is 0.400. The van der Waals surface area contributed by atoms with Crippen LogP contribution < -0.4 is 10.6 Å². The molecular weight excluding hydrogens is 628 g/mol. The van der Waals surface area contributed by atoms with Crippen molar-refractivity contribution in [1.82, 2.24) is 10.6 Å². The summed E-state index contributed by atoms with van der Waals surface area (Å²) in [6.07, 6.45) is 1.09. The van der Waals surface area contributed by atoms with Crippen molar-refractivity contribution in [1.29, 1.82) is 0 Å². The molecule has 2 saturated heterocycles. The number of rotatable bonds is 8. The highest BCUT2D eigenvalue weighted by molar-refractivity contribution is 7.91. The number of ether oxygens (including phenoxy) is 1. The van der Waals surface area contributed by atoms with Crippen molar-refractivity contribution >= 4 is 54.6 Å². The third-order valence-corrected chi connectivity index (χ3v) is 12.3. The highest BCUT2D eigenvalue weighted by atomic mass is 32.2. The Morgan fingerprint density at radius 3 is 1.67 bits per heavy atom. The van der Waals surface area contributed by atoms with E-state index in [1.165, 1.54) is 6.07 Å². The summed E-state index contributed by atoms with van der Waals surface area (Å²) in [6, 6.07) is 6.53. The smallest absolute Gasteiger partial charge is 0.238 e. The molecule has 236 valence electrons. The summed E-state index contributed by atoms with van der Waals surface area (Å²) in [5.74, 6) is -8.67. The quantitative estimate of drug-likeness (QED) is 0.368. The molecule has 2 aliphatic heterocycles. The number of hydrogen-bond acceptors (Lipinski definition) is 11. The summed E-state index contributed by atoms with van der Waals surface area (Å²) < 4.78 is 55.8. The van der Waals surface area contributed by atoms with Crippen LogP contribution in [-0.4, -0.2) is 89.6 Å². The lowest BCUT2D eigenvalue weighted by Crippen LogP contribution is -2.39. The van der Waals surface area contributed by atoms with Crippen molar-refractivity contribution in [2.24, 2.45) is 23.7 Å². The maximum absolute atomic E-state index is 13.6. The molecular formula is C30H28N2O11S2. The van der Waals surface area contributed by atoms with Crippen LogP contribution in [-0.2, 0) is 34.0 Å². The maximum atomic E-state index is 13.6. The van der Waals surface area contributed by atoms with Crippen molar-refractivity contribution in [2.45, 2.75) is 22.6 Å². The first-order valence-corrected chi connectivity index (χ1v) is 17.6. The number of Topliss-reactive ketones (excluding diaryl/α,β-unsaturated/α-hetero) is 4. The number of amides is 2. The Bertz CT molecular complexity index is 1910. The van der Waals surface area contributed by atoms with Crippen LogP contribution in [0.25, 0.3) is 0 Å². The molecule has 4 unspecified atom stereocenters. The summed E-state index contributed by atoms with van der Waals surface area (Å²) >= 11 is 0. The Kier molecular flexibility index (Phi) is 7.82. The van der Waals surface area contributed by atoms with Crippen molar-refractivity contribution in [3.63, 3.8) is 0 Å². The van der Waals surface area contributed by atoms with E-state index >= 15 is 0 Å². The van der Waals surface area contributed by atoms with E-state index in [1.807, 2.05) is 0 Å². The number of hydrogen-bond donors (Lipinski definition) is 2. The zero-order valence-electron chi connectivity index (χ0n) is 23.7. The van der Waals surface area contributed by atoms with E-state index in [9.17, 15) is 45.6 Å². The van der Waals surface area contributed by atoms with Crippen molar-refractivity contribution in [2.75, 3.05) is 37.8 Å². The van der Waals surface area contributed by atoms with Crippen LogP contribution >= 0.6 is 0 Å². The van der Waals surface area contributed by atoms with Gasteiger partial charge >= 0.3 is 0 Å². The second-order valence-corrected chi connectivity index (χ2v) is 15.9. The normalized spacial score (nSPS) is 25.3. The largest absolute Gasteiger partial charge is 0.381 e. The van der Waals surface area contributed by atoms with E-state index in [0.29, 0.717) is 19.6 Å². The van der Waals surface area contributed by atoms with E-state index in [0.717, 1.165) is 36.8 Å². The number of sulfone groups is 2. The van der Waals surface area contributed by atoms with Crippen molar-refractivity contribution in [3.05, 3.63) is 58.7 Å². The van der Waals surface area contributed by atoms with Gasteiger partial charge in [-0.3, -0.25) is 28.8 Å². The lowest BCUT2D eigenvalue weighted by molar-refractivity contribution is -0.123. The minimum absolute atomic E-state index is 0.00130. The van der Waals surface area contributed by atoms with Gasteiger partial charge in [-0.05, 0) is 55.2 Å². The highest BCUT2D eigenvalue weighted by Gasteiger charge is 2.46. The number of carbonyl (C=O) groups excluding carboxylic acids is 6. The number of benzene rings is 2. The van der Waals surface area contributed by atoms with E-state index in [2.05, 4.69) is 10.6 Å². The first-order chi connectivity index (χ1) is 21.3. The average molecular weight is 657 g/mol. The van der Waals surface area contributed by atoms with E-state index in [-0.39, 0.29) is 68.5 Å². The summed E-state index contributed by atoms with van der Waals surface area (Å²) in [6.45, 7) is 1.23. The van der Waals surface area contributed by atoms with Gasteiger partial charge in [-0.2, -0.15) is 0 Å². The molecule has 45 heavy (non-hydrogen) atoms. The van der Waals surface area contributed by atoms with Gasteiger partial charge in [0.1, 0.15) is 0 Å². The molecule has 2 aliphatic carbocycles. The molecule has 6 rings (SSSR count). The minimum Gasteiger partial charge on any atom is -0.381 e. The Morgan fingerprint density at radius 2 is 1.22 bits per heavy atom. The Morgan fingerprint density at radius 1 is 0.733 bits per heavy atom. The summed E-state index contributed by atoms with van der Waals surface area (Å²) in [7, 11) is -7.58. The number of ketones is 4. The number of fused-ring (bicyclic) bond motifs is 2. The van der Waals surface area contributed by atoms with E-state index in [4.69, 9.17) is 4.74 Å². The van der Waals surface area contributed by atoms with Gasteiger partial charge in [0.2, 0.25) is 21.7 Å². The van der Waals surface area contributed by atoms with E-state index in [1.54, 1.807) is 0 Å². The Hall–Kier alpha value is -4.08.